The number of likely N-dealkylation sites (N-methyl/N-ethyl adjacent to an activating group) is 1. The molecule has 0 rings (SSSR count). The minimum Gasteiger partial charge on any atom is -0.545 e. The summed E-state index contributed by atoms with van der Waals surface area (Å²) < 4.78 is 22.8. The number of aliphatic carboxylic acids is 1. The van der Waals surface area contributed by atoms with Crippen molar-refractivity contribution in [3.05, 3.63) is 24.3 Å². The number of allylic oxidation sites excluding steroid dienone is 4. The maximum Gasteiger partial charge on any atom is 0.306 e. The fourth-order valence-corrected chi connectivity index (χ4v) is 10.2. The Labute approximate surface area is 484 Å². The first-order chi connectivity index (χ1) is 38.1. The number of unbranched alkanes of at least 4 members (excludes halogenated alkanes) is 45. The fraction of sp³-hybridized carbons (Fsp3) is 0.899. The van der Waals surface area contributed by atoms with E-state index in [2.05, 4.69) is 38.2 Å². The summed E-state index contributed by atoms with van der Waals surface area (Å²) in [7, 11) is 5.94. The van der Waals surface area contributed by atoms with Crippen molar-refractivity contribution in [1.82, 2.24) is 0 Å². The van der Waals surface area contributed by atoms with Gasteiger partial charge in [0.15, 0.2) is 12.4 Å². The van der Waals surface area contributed by atoms with Crippen LogP contribution in [0.3, 0.4) is 0 Å². The van der Waals surface area contributed by atoms with Gasteiger partial charge in [0.25, 0.3) is 0 Å². The molecule has 0 spiro atoms. The van der Waals surface area contributed by atoms with E-state index in [4.69, 9.17) is 18.9 Å². The molecule has 0 aromatic heterocycles. The first-order valence-electron chi connectivity index (χ1n) is 34.0. The molecule has 0 bridgehead atoms. The first-order valence-corrected chi connectivity index (χ1v) is 34.0. The number of hydrogen-bond acceptors (Lipinski definition) is 8. The number of quaternary nitrogens is 1. The largest absolute Gasteiger partial charge is 0.545 e. The van der Waals surface area contributed by atoms with Crippen LogP contribution in [0.15, 0.2) is 24.3 Å². The molecule has 0 aliphatic carbocycles. The van der Waals surface area contributed by atoms with Gasteiger partial charge in [-0.1, -0.05) is 308 Å². The van der Waals surface area contributed by atoms with Crippen LogP contribution < -0.4 is 5.11 Å². The van der Waals surface area contributed by atoms with E-state index >= 15 is 0 Å². The molecular weight excluding hydrogens is 971 g/mol. The van der Waals surface area contributed by atoms with E-state index in [9.17, 15) is 19.5 Å². The Bertz CT molecular complexity index is 1330. The zero-order chi connectivity index (χ0) is 56.9. The van der Waals surface area contributed by atoms with Gasteiger partial charge in [0.2, 0.25) is 0 Å². The Morgan fingerprint density at radius 1 is 0.385 bits per heavy atom. The number of rotatable bonds is 64. The van der Waals surface area contributed by atoms with Gasteiger partial charge in [0.05, 0.1) is 40.3 Å². The molecule has 0 aliphatic heterocycles. The second-order valence-corrected chi connectivity index (χ2v) is 24.5. The summed E-state index contributed by atoms with van der Waals surface area (Å²) in [6, 6.07) is 0. The zero-order valence-corrected chi connectivity index (χ0v) is 52.6. The number of carboxylic acid groups (broad SMARTS) is 1. The molecule has 0 amide bonds. The average molecular weight is 1100 g/mol. The third kappa shape index (κ3) is 61.4. The van der Waals surface area contributed by atoms with Gasteiger partial charge < -0.3 is 33.3 Å². The lowest BCUT2D eigenvalue weighted by atomic mass is 10.0. The lowest BCUT2D eigenvalue weighted by molar-refractivity contribution is -0.870. The van der Waals surface area contributed by atoms with Gasteiger partial charge in [0.1, 0.15) is 13.2 Å². The predicted octanol–water partition coefficient (Wildman–Crippen LogP) is 19.3. The average Bonchev–Trinajstić information content (AvgIpc) is 3.41. The van der Waals surface area contributed by atoms with Crippen LogP contribution in [0.4, 0.5) is 0 Å². The molecule has 0 aliphatic rings. The van der Waals surface area contributed by atoms with E-state index in [0.29, 0.717) is 17.4 Å². The Balaban J connectivity index is 4.07. The molecule has 2 unspecified atom stereocenters. The van der Waals surface area contributed by atoms with Crippen LogP contribution >= 0.6 is 0 Å². The van der Waals surface area contributed by atoms with Crippen LogP contribution in [0, 0.1) is 0 Å². The van der Waals surface area contributed by atoms with E-state index in [1.807, 2.05) is 21.1 Å². The highest BCUT2D eigenvalue weighted by atomic mass is 16.7. The van der Waals surface area contributed by atoms with Crippen molar-refractivity contribution in [1.29, 1.82) is 0 Å². The molecule has 0 N–H and O–H groups in total. The van der Waals surface area contributed by atoms with Crippen LogP contribution in [-0.2, 0) is 33.3 Å². The second kappa shape index (κ2) is 60.9. The Kier molecular flexibility index (Phi) is 59.1. The molecule has 9 heteroatoms. The highest BCUT2D eigenvalue weighted by Crippen LogP contribution is 2.19. The van der Waals surface area contributed by atoms with Crippen molar-refractivity contribution in [2.75, 3.05) is 47.5 Å². The molecule has 460 valence electrons. The van der Waals surface area contributed by atoms with E-state index in [1.54, 1.807) is 0 Å². The van der Waals surface area contributed by atoms with Crippen molar-refractivity contribution in [2.45, 2.75) is 354 Å². The number of nitrogens with zero attached hydrogens (tertiary/aromatic N) is 1. The molecule has 0 heterocycles. The minimum atomic E-state index is -1.62. The van der Waals surface area contributed by atoms with Gasteiger partial charge in [-0.25, -0.2) is 0 Å². The Morgan fingerprint density at radius 3 is 1.01 bits per heavy atom. The number of carbonyl (C=O) groups is 3. The van der Waals surface area contributed by atoms with Crippen molar-refractivity contribution in [2.24, 2.45) is 0 Å². The number of hydrogen-bond donors (Lipinski definition) is 0. The van der Waals surface area contributed by atoms with Crippen molar-refractivity contribution >= 4 is 17.9 Å². The SMILES string of the molecule is CCCCCCC/C=C\C/C=C\CCCCCCCCCCCCCCCCCCCCCC(=O)OC(COC(=O)CCCCCCCCCCCCCCCCCCCCCCCC)COC(OCC[N+](C)(C)C)C(=O)[O-]. The molecule has 2 atom stereocenters. The van der Waals surface area contributed by atoms with Crippen LogP contribution in [0.25, 0.3) is 0 Å². The number of ether oxygens (including phenoxy) is 4. The van der Waals surface area contributed by atoms with Crippen molar-refractivity contribution in [3.63, 3.8) is 0 Å². The van der Waals surface area contributed by atoms with Crippen molar-refractivity contribution in [3.8, 4) is 0 Å². The summed E-state index contributed by atoms with van der Waals surface area (Å²) in [5.41, 5.74) is 0. The molecule has 0 saturated carbocycles. The third-order valence-corrected chi connectivity index (χ3v) is 15.5. The first kappa shape index (κ1) is 75.8. The maximum absolute atomic E-state index is 12.9. The minimum absolute atomic E-state index is 0.152. The topological polar surface area (TPSA) is 111 Å². The van der Waals surface area contributed by atoms with Crippen LogP contribution in [-0.4, -0.2) is 82.3 Å². The molecule has 9 nitrogen and oxygen atoms in total. The predicted molar refractivity (Wildman–Crippen MR) is 330 cm³/mol. The van der Waals surface area contributed by atoms with Gasteiger partial charge >= 0.3 is 11.9 Å². The normalized spacial score (nSPS) is 12.8. The quantitative estimate of drug-likeness (QED) is 0.0195. The molecule has 0 saturated heterocycles. The highest BCUT2D eigenvalue weighted by molar-refractivity contribution is 5.70. The van der Waals surface area contributed by atoms with E-state index in [-0.39, 0.29) is 32.2 Å². The second-order valence-electron chi connectivity index (χ2n) is 24.5. The summed E-state index contributed by atoms with van der Waals surface area (Å²) in [5.74, 6) is -2.25. The molecule has 0 fully saturated rings. The molecule has 0 aromatic carbocycles. The maximum atomic E-state index is 12.9. The van der Waals surface area contributed by atoms with Gasteiger partial charge in [-0.3, -0.25) is 9.59 Å². The Morgan fingerprint density at radius 2 is 0.692 bits per heavy atom. The lowest BCUT2D eigenvalue weighted by Crippen LogP contribution is -2.44. The fourth-order valence-electron chi connectivity index (χ4n) is 10.2. The van der Waals surface area contributed by atoms with E-state index in [1.165, 1.54) is 270 Å². The van der Waals surface area contributed by atoms with Crippen molar-refractivity contribution < 1.29 is 42.9 Å². The number of carboxylic acids is 1. The molecule has 78 heavy (non-hydrogen) atoms. The highest BCUT2D eigenvalue weighted by Gasteiger charge is 2.22. The number of esters is 2. The van der Waals surface area contributed by atoms with Crippen LogP contribution in [0.5, 0.6) is 0 Å². The van der Waals surface area contributed by atoms with E-state index in [0.717, 1.165) is 44.9 Å². The summed E-state index contributed by atoms with van der Waals surface area (Å²) in [5, 5.41) is 11.8. The van der Waals surface area contributed by atoms with Crippen LogP contribution in [0.2, 0.25) is 0 Å². The summed E-state index contributed by atoms with van der Waals surface area (Å²) >= 11 is 0. The Hall–Kier alpha value is -2.23. The molecule has 0 aromatic rings. The third-order valence-electron chi connectivity index (χ3n) is 15.5. The zero-order valence-electron chi connectivity index (χ0n) is 52.6. The molecular formula is C69H131NO8. The monoisotopic (exact) mass is 1100 g/mol. The lowest BCUT2D eigenvalue weighted by Gasteiger charge is -2.26. The summed E-state index contributed by atoms with van der Waals surface area (Å²) in [6.45, 7) is 4.81. The molecule has 0 radical (unpaired) electrons. The smallest absolute Gasteiger partial charge is 0.306 e. The van der Waals surface area contributed by atoms with E-state index < -0.39 is 24.3 Å². The van der Waals surface area contributed by atoms with Crippen LogP contribution in [0.1, 0.15) is 341 Å². The van der Waals surface area contributed by atoms with Gasteiger partial charge in [-0.15, -0.1) is 0 Å². The standard InChI is InChI=1S/C69H131NO8/c1-6-8-10-12-14-16-18-20-22-24-26-28-30-31-32-33-34-35-36-37-38-40-42-44-46-48-50-52-54-56-58-60-67(72)78-65(64-77-69(68(73)74)75-62-61-70(3,4)5)63-76-66(71)59-57-55-53-51-49-47-45-43-41-39-29-27-25-23-21-19-17-15-13-11-9-7-2/h18,20,24,26,65,69H,6-17,19,21-23,25,27-64H2,1-5H3/b20-18-,26-24-. The number of carbonyl (C=O) groups excluding carboxylic acids is 3. The summed E-state index contributed by atoms with van der Waals surface area (Å²) in [6.07, 6.45) is 71.1. The van der Waals surface area contributed by atoms with Gasteiger partial charge in [0, 0.05) is 12.8 Å². The summed E-state index contributed by atoms with van der Waals surface area (Å²) in [4.78, 5) is 37.4. The van der Waals surface area contributed by atoms with Gasteiger partial charge in [-0.2, -0.15) is 0 Å². The van der Waals surface area contributed by atoms with Gasteiger partial charge in [-0.05, 0) is 44.9 Å².